The van der Waals surface area contributed by atoms with Crippen molar-refractivity contribution < 1.29 is 8.42 Å². The summed E-state index contributed by atoms with van der Waals surface area (Å²) in [6.07, 6.45) is 0. The zero-order valence-electron chi connectivity index (χ0n) is 9.40. The van der Waals surface area contributed by atoms with Gasteiger partial charge in [0.1, 0.15) is 0 Å². The van der Waals surface area contributed by atoms with Gasteiger partial charge in [0, 0.05) is 14.1 Å². The summed E-state index contributed by atoms with van der Waals surface area (Å²) in [7, 11) is -0.419. The molecule has 84 valence electrons. The second kappa shape index (κ2) is 4.20. The summed E-state index contributed by atoms with van der Waals surface area (Å²) in [6, 6.07) is 5.46. The van der Waals surface area contributed by atoms with Crippen LogP contribution in [0.2, 0.25) is 0 Å². The van der Waals surface area contributed by atoms with Crippen LogP contribution in [-0.2, 0) is 10.2 Å². The Hall–Kier alpha value is -1.07. The maximum Gasteiger partial charge on any atom is 0.301 e. The van der Waals surface area contributed by atoms with Crippen LogP contribution in [0.5, 0.6) is 0 Å². The van der Waals surface area contributed by atoms with E-state index in [-0.39, 0.29) is 0 Å². The predicted molar refractivity (Wildman–Crippen MR) is 62.1 cm³/mol. The highest BCUT2D eigenvalue weighted by molar-refractivity contribution is 7.90. The minimum Gasteiger partial charge on any atom is -0.271 e. The molecule has 1 aromatic rings. The maximum atomic E-state index is 11.5. The van der Waals surface area contributed by atoms with E-state index in [9.17, 15) is 8.42 Å². The minimum atomic E-state index is -3.40. The fourth-order valence-electron chi connectivity index (χ4n) is 1.05. The molecule has 0 atom stereocenters. The molecule has 15 heavy (non-hydrogen) atoms. The zero-order chi connectivity index (χ0) is 11.6. The Morgan fingerprint density at radius 1 is 1.13 bits per heavy atom. The number of hydrogen-bond donors (Lipinski definition) is 1. The summed E-state index contributed by atoms with van der Waals surface area (Å²) in [6.45, 7) is 3.93. The summed E-state index contributed by atoms with van der Waals surface area (Å²) in [5.41, 5.74) is 2.79. The molecule has 0 saturated heterocycles. The molecule has 4 nitrogen and oxygen atoms in total. The van der Waals surface area contributed by atoms with E-state index in [2.05, 4.69) is 4.72 Å². The third kappa shape index (κ3) is 2.94. The van der Waals surface area contributed by atoms with Crippen molar-refractivity contribution in [3.8, 4) is 0 Å². The summed E-state index contributed by atoms with van der Waals surface area (Å²) in [5.74, 6) is 0. The molecule has 0 amide bonds. The lowest BCUT2D eigenvalue weighted by atomic mass is 10.1. The average molecular weight is 228 g/mol. The van der Waals surface area contributed by atoms with Crippen molar-refractivity contribution in [3.05, 3.63) is 29.3 Å². The van der Waals surface area contributed by atoms with E-state index < -0.39 is 10.2 Å². The number of nitrogens with zero attached hydrogens (tertiary/aromatic N) is 1. The van der Waals surface area contributed by atoms with Gasteiger partial charge in [-0.15, -0.1) is 0 Å². The second-order valence-corrected chi connectivity index (χ2v) is 5.57. The van der Waals surface area contributed by atoms with E-state index in [1.165, 1.54) is 14.1 Å². The van der Waals surface area contributed by atoms with Crippen molar-refractivity contribution in [2.45, 2.75) is 13.8 Å². The van der Waals surface area contributed by atoms with Gasteiger partial charge in [0.15, 0.2) is 0 Å². The standard InChI is InChI=1S/C10H16N2O2S/c1-8-5-6-10(7-9(8)2)11-15(13,14)12(3)4/h5-7,11H,1-4H3. The van der Waals surface area contributed by atoms with Crippen LogP contribution in [0.15, 0.2) is 18.2 Å². The molecule has 1 N–H and O–H groups in total. The lowest BCUT2D eigenvalue weighted by Crippen LogP contribution is -2.28. The third-order valence-corrected chi connectivity index (χ3v) is 3.69. The Balaban J connectivity index is 2.96. The Morgan fingerprint density at radius 3 is 2.20 bits per heavy atom. The highest BCUT2D eigenvalue weighted by Gasteiger charge is 2.12. The fourth-order valence-corrected chi connectivity index (χ4v) is 1.65. The van der Waals surface area contributed by atoms with Gasteiger partial charge in [-0.25, -0.2) is 0 Å². The molecule has 0 fully saturated rings. The van der Waals surface area contributed by atoms with Gasteiger partial charge in [0.05, 0.1) is 5.69 Å². The zero-order valence-corrected chi connectivity index (χ0v) is 10.2. The van der Waals surface area contributed by atoms with E-state index in [1.807, 2.05) is 26.0 Å². The highest BCUT2D eigenvalue weighted by Crippen LogP contribution is 2.15. The maximum absolute atomic E-state index is 11.5. The molecule has 0 aliphatic rings. The SMILES string of the molecule is Cc1ccc(NS(=O)(=O)N(C)C)cc1C. The molecule has 0 spiro atoms. The minimum absolute atomic E-state index is 0.590. The van der Waals surface area contributed by atoms with Crippen molar-refractivity contribution in [3.63, 3.8) is 0 Å². The first-order valence-corrected chi connectivity index (χ1v) is 6.04. The summed E-state index contributed by atoms with van der Waals surface area (Å²) in [4.78, 5) is 0. The van der Waals surface area contributed by atoms with Crippen LogP contribution >= 0.6 is 0 Å². The van der Waals surface area contributed by atoms with Gasteiger partial charge in [-0.05, 0) is 37.1 Å². The van der Waals surface area contributed by atoms with Crippen molar-refractivity contribution in [1.82, 2.24) is 4.31 Å². The summed E-state index contributed by atoms with van der Waals surface area (Å²) >= 11 is 0. The molecule has 0 aromatic heterocycles. The molecule has 0 saturated carbocycles. The normalized spacial score (nSPS) is 11.8. The average Bonchev–Trinajstić information content (AvgIpc) is 2.10. The number of aryl methyl sites for hydroxylation is 2. The molecule has 1 aromatic carbocycles. The molecule has 0 radical (unpaired) electrons. The molecule has 0 bridgehead atoms. The van der Waals surface area contributed by atoms with Crippen LogP contribution in [0.25, 0.3) is 0 Å². The van der Waals surface area contributed by atoms with Crippen molar-refractivity contribution >= 4 is 15.9 Å². The molecule has 1 rings (SSSR count). The molecular weight excluding hydrogens is 212 g/mol. The summed E-state index contributed by atoms with van der Waals surface area (Å²) in [5, 5.41) is 0. The van der Waals surface area contributed by atoms with Crippen molar-refractivity contribution in [2.24, 2.45) is 0 Å². The highest BCUT2D eigenvalue weighted by atomic mass is 32.2. The second-order valence-electron chi connectivity index (χ2n) is 3.69. The number of rotatable bonds is 3. The predicted octanol–water partition coefficient (Wildman–Crippen LogP) is 1.52. The van der Waals surface area contributed by atoms with E-state index in [4.69, 9.17) is 0 Å². The largest absolute Gasteiger partial charge is 0.301 e. The smallest absolute Gasteiger partial charge is 0.271 e. The van der Waals surface area contributed by atoms with Crippen LogP contribution in [0.3, 0.4) is 0 Å². The van der Waals surface area contributed by atoms with Gasteiger partial charge in [-0.1, -0.05) is 6.07 Å². The van der Waals surface area contributed by atoms with Crippen LogP contribution in [-0.4, -0.2) is 26.8 Å². The molecule has 0 aliphatic heterocycles. The Kier molecular flexibility index (Phi) is 3.36. The van der Waals surface area contributed by atoms with Gasteiger partial charge in [-0.3, -0.25) is 4.72 Å². The number of benzene rings is 1. The molecule has 0 aliphatic carbocycles. The number of nitrogens with one attached hydrogen (secondary N) is 1. The van der Waals surface area contributed by atoms with Crippen molar-refractivity contribution in [2.75, 3.05) is 18.8 Å². The van der Waals surface area contributed by atoms with Gasteiger partial charge >= 0.3 is 10.2 Å². The molecule has 0 unspecified atom stereocenters. The monoisotopic (exact) mass is 228 g/mol. The van der Waals surface area contributed by atoms with E-state index in [1.54, 1.807) is 6.07 Å². The van der Waals surface area contributed by atoms with Crippen LogP contribution in [0.4, 0.5) is 5.69 Å². The van der Waals surface area contributed by atoms with Crippen LogP contribution in [0, 0.1) is 13.8 Å². The van der Waals surface area contributed by atoms with Gasteiger partial charge in [0.25, 0.3) is 0 Å². The lowest BCUT2D eigenvalue weighted by Gasteiger charge is -2.14. The van der Waals surface area contributed by atoms with Gasteiger partial charge < -0.3 is 0 Å². The first kappa shape index (κ1) is 12.0. The van der Waals surface area contributed by atoms with Crippen LogP contribution < -0.4 is 4.72 Å². The first-order valence-electron chi connectivity index (χ1n) is 4.60. The quantitative estimate of drug-likeness (QED) is 0.852. The Bertz CT molecular complexity index is 452. The number of anilines is 1. The third-order valence-electron chi connectivity index (χ3n) is 2.23. The van der Waals surface area contributed by atoms with Crippen LogP contribution in [0.1, 0.15) is 11.1 Å². The molecule has 5 heteroatoms. The van der Waals surface area contributed by atoms with E-state index in [0.29, 0.717) is 5.69 Å². The molecular formula is C10H16N2O2S. The van der Waals surface area contributed by atoms with Gasteiger partial charge in [0.2, 0.25) is 0 Å². The summed E-state index contributed by atoms with van der Waals surface area (Å²) < 4.78 is 26.6. The first-order chi connectivity index (χ1) is 6.83. The lowest BCUT2D eigenvalue weighted by molar-refractivity contribution is 0.527. The van der Waals surface area contributed by atoms with E-state index in [0.717, 1.165) is 15.4 Å². The van der Waals surface area contributed by atoms with E-state index >= 15 is 0 Å². The molecule has 0 heterocycles. The number of hydrogen-bond acceptors (Lipinski definition) is 2. The fraction of sp³-hybridized carbons (Fsp3) is 0.400. The topological polar surface area (TPSA) is 49.4 Å². The van der Waals surface area contributed by atoms with Gasteiger partial charge in [-0.2, -0.15) is 12.7 Å². The Morgan fingerprint density at radius 2 is 1.73 bits per heavy atom. The Labute approximate surface area is 91.1 Å². The van der Waals surface area contributed by atoms with Crippen molar-refractivity contribution in [1.29, 1.82) is 0 Å².